The van der Waals surface area contributed by atoms with Crippen molar-refractivity contribution >= 4 is 23.2 Å². The van der Waals surface area contributed by atoms with Crippen LogP contribution in [-0.4, -0.2) is 56.3 Å². The van der Waals surface area contributed by atoms with Gasteiger partial charge in [0.1, 0.15) is 41.4 Å². The SMILES string of the molecule is COc1ccc(Oc2ccc(-c3nn(C4CCN(N5C=CC=CN=C5)CC4)c4ncnc(N)c34)cc2)cc1. The standard InChI is InChI=1S/C28H28N8O2/c1-37-22-8-10-24(11-9-22)38-23-6-4-20(5-7-23)26-25-27(29)31-18-32-28(25)36(33-26)21-12-16-34(17-13-21)35-15-3-2-14-30-19-35/h2-11,14-15,18-19,21H,12-13,16-17H2,1H3,(H2,29,31,32). The third-order valence-corrected chi connectivity index (χ3v) is 6.76. The lowest BCUT2D eigenvalue weighted by atomic mass is 10.1. The number of ether oxygens (including phenoxy) is 2. The molecule has 38 heavy (non-hydrogen) atoms. The van der Waals surface area contributed by atoms with Crippen molar-refractivity contribution in [2.45, 2.75) is 18.9 Å². The van der Waals surface area contributed by atoms with E-state index in [9.17, 15) is 0 Å². The highest BCUT2D eigenvalue weighted by atomic mass is 16.5. The van der Waals surface area contributed by atoms with E-state index >= 15 is 0 Å². The van der Waals surface area contributed by atoms with Crippen LogP contribution in [0.4, 0.5) is 5.82 Å². The summed E-state index contributed by atoms with van der Waals surface area (Å²) in [5.41, 5.74) is 8.79. The highest BCUT2D eigenvalue weighted by molar-refractivity contribution is 5.98. The molecule has 2 aliphatic heterocycles. The van der Waals surface area contributed by atoms with Gasteiger partial charge in [-0.25, -0.2) is 24.7 Å². The largest absolute Gasteiger partial charge is 0.497 e. The molecule has 0 aliphatic carbocycles. The van der Waals surface area contributed by atoms with Gasteiger partial charge in [0.25, 0.3) is 0 Å². The lowest BCUT2D eigenvalue weighted by Gasteiger charge is -2.36. The third-order valence-electron chi connectivity index (χ3n) is 6.76. The molecule has 2 aliphatic rings. The minimum Gasteiger partial charge on any atom is -0.497 e. The molecule has 1 saturated heterocycles. The van der Waals surface area contributed by atoms with Crippen molar-refractivity contribution in [3.05, 3.63) is 79.4 Å². The summed E-state index contributed by atoms with van der Waals surface area (Å²) in [5, 5.41) is 10.1. The van der Waals surface area contributed by atoms with Gasteiger partial charge in [-0.1, -0.05) is 0 Å². The van der Waals surface area contributed by atoms with Crippen molar-refractivity contribution < 1.29 is 9.47 Å². The molecule has 0 atom stereocenters. The van der Waals surface area contributed by atoms with Crippen LogP contribution in [0.15, 0.2) is 84.4 Å². The second kappa shape index (κ2) is 10.3. The number of fused-ring (bicyclic) bond motifs is 1. The number of rotatable bonds is 6. The van der Waals surface area contributed by atoms with E-state index in [4.69, 9.17) is 20.3 Å². The number of methoxy groups -OCH3 is 1. The van der Waals surface area contributed by atoms with Crippen molar-refractivity contribution in [3.8, 4) is 28.5 Å². The molecular formula is C28H28N8O2. The Labute approximate surface area is 220 Å². The molecule has 0 radical (unpaired) electrons. The molecule has 192 valence electrons. The fraction of sp³-hybridized carbons (Fsp3) is 0.214. The monoisotopic (exact) mass is 508 g/mol. The fourth-order valence-corrected chi connectivity index (χ4v) is 4.79. The molecule has 0 unspecified atom stereocenters. The molecule has 0 saturated carbocycles. The predicted octanol–water partition coefficient (Wildman–Crippen LogP) is 4.80. The van der Waals surface area contributed by atoms with Crippen LogP contribution >= 0.6 is 0 Å². The highest BCUT2D eigenvalue weighted by Crippen LogP contribution is 2.35. The molecule has 0 bridgehead atoms. The number of aliphatic imine (C=N–C) groups is 1. The second-order valence-electron chi connectivity index (χ2n) is 9.07. The van der Waals surface area contributed by atoms with Crippen LogP contribution in [0.3, 0.4) is 0 Å². The van der Waals surface area contributed by atoms with Gasteiger partial charge in [0.15, 0.2) is 5.65 Å². The molecule has 2 N–H and O–H groups in total. The van der Waals surface area contributed by atoms with E-state index in [-0.39, 0.29) is 6.04 Å². The number of benzene rings is 2. The Morgan fingerprint density at radius 1 is 0.895 bits per heavy atom. The number of piperidine rings is 1. The normalized spacial score (nSPS) is 16.2. The fourth-order valence-electron chi connectivity index (χ4n) is 4.79. The van der Waals surface area contributed by atoms with E-state index in [0.29, 0.717) is 5.82 Å². The maximum Gasteiger partial charge on any atom is 0.164 e. The molecule has 10 nitrogen and oxygen atoms in total. The first-order valence-electron chi connectivity index (χ1n) is 12.5. The van der Waals surface area contributed by atoms with Crippen molar-refractivity contribution in [1.29, 1.82) is 0 Å². The van der Waals surface area contributed by atoms with Crippen LogP contribution in [0.1, 0.15) is 18.9 Å². The highest BCUT2D eigenvalue weighted by Gasteiger charge is 2.27. The molecule has 4 aromatic rings. The van der Waals surface area contributed by atoms with Gasteiger partial charge in [0.05, 0.1) is 18.5 Å². The van der Waals surface area contributed by atoms with Crippen molar-refractivity contribution in [2.24, 2.45) is 4.99 Å². The topological polar surface area (TPSA) is 107 Å². The lowest BCUT2D eigenvalue weighted by Crippen LogP contribution is -2.44. The Morgan fingerprint density at radius 3 is 2.34 bits per heavy atom. The van der Waals surface area contributed by atoms with E-state index < -0.39 is 0 Å². The summed E-state index contributed by atoms with van der Waals surface area (Å²) in [6.07, 6.45) is 12.9. The summed E-state index contributed by atoms with van der Waals surface area (Å²) in [7, 11) is 1.64. The zero-order valence-electron chi connectivity index (χ0n) is 21.0. The molecule has 1 fully saturated rings. The number of allylic oxidation sites excluding steroid dienone is 2. The van der Waals surface area contributed by atoms with Crippen molar-refractivity contribution in [3.63, 3.8) is 0 Å². The van der Waals surface area contributed by atoms with Crippen LogP contribution in [0.25, 0.3) is 22.3 Å². The predicted molar refractivity (Wildman–Crippen MR) is 147 cm³/mol. The van der Waals surface area contributed by atoms with Crippen LogP contribution < -0.4 is 15.2 Å². The van der Waals surface area contributed by atoms with Crippen LogP contribution in [0.2, 0.25) is 0 Å². The van der Waals surface area contributed by atoms with Gasteiger partial charge >= 0.3 is 0 Å². The first-order valence-corrected chi connectivity index (χ1v) is 12.5. The quantitative estimate of drug-likeness (QED) is 0.396. The number of hydrogen-bond acceptors (Lipinski definition) is 9. The van der Waals surface area contributed by atoms with E-state index in [2.05, 4.69) is 20.0 Å². The summed E-state index contributed by atoms with van der Waals surface area (Å²) >= 11 is 0. The number of nitrogens with two attached hydrogens (primary N) is 1. The molecule has 4 heterocycles. The molecule has 0 amide bonds. The summed E-state index contributed by atoms with van der Waals surface area (Å²) in [6.45, 7) is 1.74. The van der Waals surface area contributed by atoms with Crippen molar-refractivity contribution in [1.82, 2.24) is 29.8 Å². The molecular weight excluding hydrogens is 480 g/mol. The van der Waals surface area contributed by atoms with Gasteiger partial charge < -0.3 is 15.2 Å². The maximum absolute atomic E-state index is 6.34. The first kappa shape index (κ1) is 23.7. The van der Waals surface area contributed by atoms with Crippen LogP contribution in [0.5, 0.6) is 17.2 Å². The van der Waals surface area contributed by atoms with E-state index in [1.165, 1.54) is 6.33 Å². The first-order chi connectivity index (χ1) is 18.7. The number of hydrazine groups is 1. The Morgan fingerprint density at radius 2 is 1.61 bits per heavy atom. The van der Waals surface area contributed by atoms with E-state index in [0.717, 1.165) is 65.5 Å². The lowest BCUT2D eigenvalue weighted by molar-refractivity contribution is 0.0520. The second-order valence-corrected chi connectivity index (χ2v) is 9.07. The van der Waals surface area contributed by atoms with Gasteiger partial charge in [-0.05, 0) is 73.5 Å². The van der Waals surface area contributed by atoms with E-state index in [1.54, 1.807) is 13.3 Å². The van der Waals surface area contributed by atoms with E-state index in [1.807, 2.05) is 82.9 Å². The molecule has 10 heteroatoms. The Bertz CT molecular complexity index is 1480. The summed E-state index contributed by atoms with van der Waals surface area (Å²) < 4.78 is 13.2. The summed E-state index contributed by atoms with van der Waals surface area (Å²) in [6, 6.07) is 15.5. The third kappa shape index (κ3) is 4.69. The average Bonchev–Trinajstić information content (AvgIpc) is 3.15. The molecule has 2 aromatic heterocycles. The average molecular weight is 509 g/mol. The number of nitrogens with zero attached hydrogens (tertiary/aromatic N) is 7. The maximum atomic E-state index is 6.34. The number of nitrogen functional groups attached to an aromatic ring is 1. The van der Waals surface area contributed by atoms with Crippen LogP contribution in [-0.2, 0) is 0 Å². The van der Waals surface area contributed by atoms with Gasteiger partial charge in [-0.2, -0.15) is 5.10 Å². The van der Waals surface area contributed by atoms with Gasteiger partial charge in [0.2, 0.25) is 0 Å². The Hall–Kier alpha value is -4.70. The zero-order valence-corrected chi connectivity index (χ0v) is 21.0. The van der Waals surface area contributed by atoms with Gasteiger partial charge in [-0.15, -0.1) is 0 Å². The number of aromatic nitrogens is 4. The molecule has 6 rings (SSSR count). The van der Waals surface area contributed by atoms with Gasteiger partial charge in [0, 0.05) is 31.1 Å². The van der Waals surface area contributed by atoms with Crippen molar-refractivity contribution in [2.75, 3.05) is 25.9 Å². The smallest absolute Gasteiger partial charge is 0.164 e. The Balaban J connectivity index is 1.24. The summed E-state index contributed by atoms with van der Waals surface area (Å²) in [5.74, 6) is 2.66. The minimum absolute atomic E-state index is 0.195. The molecule has 2 aromatic carbocycles. The van der Waals surface area contributed by atoms with Gasteiger partial charge in [-0.3, -0.25) is 5.01 Å². The minimum atomic E-state index is 0.195. The Kier molecular flexibility index (Phi) is 6.45. The molecule has 0 spiro atoms. The zero-order chi connectivity index (χ0) is 25.9. The number of anilines is 1. The van der Waals surface area contributed by atoms with Crippen LogP contribution in [0, 0.1) is 0 Å². The number of hydrogen-bond donors (Lipinski definition) is 1. The summed E-state index contributed by atoms with van der Waals surface area (Å²) in [4.78, 5) is 13.1.